The molecule has 6 nitrogen and oxygen atoms in total. The zero-order chi connectivity index (χ0) is 14.3. The molecule has 0 spiro atoms. The fraction of sp³-hybridized carbons (Fsp3) is 0.615. The minimum atomic E-state index is -0.446. The van der Waals surface area contributed by atoms with Crippen LogP contribution in [0.15, 0.2) is 12.1 Å². The number of rotatable bonds is 8. The van der Waals surface area contributed by atoms with Crippen molar-refractivity contribution in [2.45, 2.75) is 52.0 Å². The molecule has 19 heavy (non-hydrogen) atoms. The normalized spacial score (nSPS) is 12.1. The number of pyridine rings is 1. The van der Waals surface area contributed by atoms with Gasteiger partial charge in [0.05, 0.1) is 4.92 Å². The molecule has 0 amide bonds. The highest BCUT2D eigenvalue weighted by Gasteiger charge is 2.16. The summed E-state index contributed by atoms with van der Waals surface area (Å²) in [5.74, 6) is 0.541. The smallest absolute Gasteiger partial charge is 0.311 e. The molecule has 0 fully saturated rings. The Balaban J connectivity index is 2.60. The molecule has 1 unspecified atom stereocenters. The van der Waals surface area contributed by atoms with Crippen molar-refractivity contribution in [3.05, 3.63) is 22.2 Å². The maximum atomic E-state index is 10.9. The molecule has 1 atom stereocenters. The van der Waals surface area contributed by atoms with Crippen LogP contribution in [-0.2, 0) is 0 Å². The van der Waals surface area contributed by atoms with E-state index in [2.05, 4.69) is 17.2 Å². The number of nitro groups is 1. The van der Waals surface area contributed by atoms with Crippen molar-refractivity contribution < 1.29 is 4.92 Å². The Morgan fingerprint density at radius 2 is 2.16 bits per heavy atom. The zero-order valence-corrected chi connectivity index (χ0v) is 11.6. The quantitative estimate of drug-likeness (QED) is 0.427. The molecular weight excluding hydrogens is 244 g/mol. The first-order valence-electron chi connectivity index (χ1n) is 6.72. The Labute approximate surface area is 113 Å². The number of nitrogens with zero attached hydrogens (tertiary/aromatic N) is 2. The summed E-state index contributed by atoms with van der Waals surface area (Å²) in [7, 11) is 0. The van der Waals surface area contributed by atoms with Crippen LogP contribution in [0.5, 0.6) is 0 Å². The Hall–Kier alpha value is -1.85. The molecule has 1 aromatic heterocycles. The summed E-state index contributed by atoms with van der Waals surface area (Å²) in [6.45, 7) is 4.17. The predicted molar refractivity (Wildman–Crippen MR) is 77.1 cm³/mol. The van der Waals surface area contributed by atoms with Crippen LogP contribution in [0, 0.1) is 10.1 Å². The fourth-order valence-electron chi connectivity index (χ4n) is 1.90. The average Bonchev–Trinajstić information content (AvgIpc) is 2.34. The highest BCUT2D eigenvalue weighted by Crippen LogP contribution is 2.24. The Bertz CT molecular complexity index is 423. The molecule has 0 bridgehead atoms. The molecular formula is C13H22N4O2. The average molecular weight is 266 g/mol. The van der Waals surface area contributed by atoms with Gasteiger partial charge in [0.15, 0.2) is 0 Å². The van der Waals surface area contributed by atoms with Gasteiger partial charge in [-0.15, -0.1) is 0 Å². The monoisotopic (exact) mass is 266 g/mol. The summed E-state index contributed by atoms with van der Waals surface area (Å²) in [6, 6.07) is 2.97. The van der Waals surface area contributed by atoms with Gasteiger partial charge in [0.2, 0.25) is 5.82 Å². The molecule has 0 saturated carbocycles. The molecule has 106 valence electrons. The Kier molecular flexibility index (Phi) is 6.05. The molecule has 6 heteroatoms. The molecule has 0 radical (unpaired) electrons. The summed E-state index contributed by atoms with van der Waals surface area (Å²) in [5, 5.41) is 14.0. The van der Waals surface area contributed by atoms with E-state index in [0.29, 0.717) is 0 Å². The molecule has 0 aliphatic carbocycles. The Morgan fingerprint density at radius 3 is 2.79 bits per heavy atom. The third kappa shape index (κ3) is 5.11. The summed E-state index contributed by atoms with van der Waals surface area (Å²) in [6.07, 6.45) is 5.69. The topological polar surface area (TPSA) is 94.1 Å². The van der Waals surface area contributed by atoms with Crippen LogP contribution < -0.4 is 11.1 Å². The minimum Gasteiger partial charge on any atom is -0.384 e. The molecule has 1 heterocycles. The van der Waals surface area contributed by atoms with Gasteiger partial charge in [-0.05, 0) is 19.4 Å². The second-order valence-electron chi connectivity index (χ2n) is 4.76. The van der Waals surface area contributed by atoms with E-state index in [1.807, 2.05) is 6.92 Å². The van der Waals surface area contributed by atoms with E-state index in [-0.39, 0.29) is 23.4 Å². The Morgan fingerprint density at radius 1 is 1.42 bits per heavy atom. The third-order valence-electron chi connectivity index (χ3n) is 2.97. The largest absolute Gasteiger partial charge is 0.384 e. The predicted octanol–water partition coefficient (Wildman–Crippen LogP) is 3.34. The van der Waals surface area contributed by atoms with Crippen molar-refractivity contribution >= 4 is 17.3 Å². The van der Waals surface area contributed by atoms with Crippen LogP contribution in [0.1, 0.15) is 46.0 Å². The summed E-state index contributed by atoms with van der Waals surface area (Å²) >= 11 is 0. The van der Waals surface area contributed by atoms with E-state index >= 15 is 0 Å². The molecule has 0 aromatic carbocycles. The minimum absolute atomic E-state index is 0.0328. The molecule has 1 aromatic rings. The van der Waals surface area contributed by atoms with Gasteiger partial charge in [0, 0.05) is 12.1 Å². The second-order valence-corrected chi connectivity index (χ2v) is 4.76. The second kappa shape index (κ2) is 7.56. The van der Waals surface area contributed by atoms with E-state index in [4.69, 9.17) is 5.73 Å². The molecule has 0 saturated heterocycles. The van der Waals surface area contributed by atoms with E-state index in [1.165, 1.54) is 31.4 Å². The number of hydrogen-bond donors (Lipinski definition) is 2. The van der Waals surface area contributed by atoms with Gasteiger partial charge < -0.3 is 11.1 Å². The van der Waals surface area contributed by atoms with Crippen molar-refractivity contribution in [3.8, 4) is 0 Å². The number of aromatic nitrogens is 1. The lowest BCUT2D eigenvalue weighted by Crippen LogP contribution is -2.17. The summed E-state index contributed by atoms with van der Waals surface area (Å²) in [4.78, 5) is 14.5. The van der Waals surface area contributed by atoms with Gasteiger partial charge in [-0.3, -0.25) is 10.1 Å². The van der Waals surface area contributed by atoms with Crippen molar-refractivity contribution in [1.82, 2.24) is 4.98 Å². The maximum Gasteiger partial charge on any atom is 0.311 e. The van der Waals surface area contributed by atoms with Crippen molar-refractivity contribution in [3.63, 3.8) is 0 Å². The molecule has 3 N–H and O–H groups in total. The van der Waals surface area contributed by atoms with Crippen molar-refractivity contribution in [2.75, 3.05) is 11.1 Å². The fourth-order valence-corrected chi connectivity index (χ4v) is 1.90. The van der Waals surface area contributed by atoms with Crippen LogP contribution in [-0.4, -0.2) is 15.9 Å². The third-order valence-corrected chi connectivity index (χ3v) is 2.97. The number of unbranched alkanes of at least 4 members (excludes halogenated alkanes) is 3. The number of nitrogens with one attached hydrogen (secondary N) is 1. The van der Waals surface area contributed by atoms with Gasteiger partial charge in [-0.2, -0.15) is 0 Å². The van der Waals surface area contributed by atoms with Crippen LogP contribution in [0.2, 0.25) is 0 Å². The molecule has 0 aliphatic heterocycles. The van der Waals surface area contributed by atoms with E-state index < -0.39 is 4.92 Å². The van der Waals surface area contributed by atoms with Crippen LogP contribution in [0.25, 0.3) is 0 Å². The van der Waals surface area contributed by atoms with E-state index in [1.54, 1.807) is 0 Å². The lowest BCUT2D eigenvalue weighted by Gasteiger charge is -2.14. The van der Waals surface area contributed by atoms with Crippen LogP contribution >= 0.6 is 0 Å². The SMILES string of the molecule is CCCCCCC(C)Nc1nc(N)ccc1[N+](=O)[O-]. The van der Waals surface area contributed by atoms with Gasteiger partial charge >= 0.3 is 5.69 Å². The first-order valence-corrected chi connectivity index (χ1v) is 6.72. The zero-order valence-electron chi connectivity index (χ0n) is 11.6. The summed E-state index contributed by atoms with van der Waals surface area (Å²) in [5.41, 5.74) is 5.54. The number of nitrogen functional groups attached to an aromatic ring is 1. The van der Waals surface area contributed by atoms with Crippen molar-refractivity contribution in [2.24, 2.45) is 0 Å². The standard InChI is InChI=1S/C13H22N4O2/c1-3-4-5-6-7-10(2)15-13-11(17(18)19)8-9-12(14)16-13/h8-10H,3-7H2,1-2H3,(H3,14,15,16). The van der Waals surface area contributed by atoms with Gasteiger partial charge in [-0.25, -0.2) is 4.98 Å². The van der Waals surface area contributed by atoms with Crippen molar-refractivity contribution in [1.29, 1.82) is 0 Å². The number of anilines is 2. The van der Waals surface area contributed by atoms with Gasteiger partial charge in [-0.1, -0.05) is 32.6 Å². The maximum absolute atomic E-state index is 10.9. The first-order chi connectivity index (χ1) is 9.04. The van der Waals surface area contributed by atoms with Crippen LogP contribution in [0.4, 0.5) is 17.3 Å². The summed E-state index contributed by atoms with van der Waals surface area (Å²) < 4.78 is 0. The molecule has 1 rings (SSSR count). The van der Waals surface area contributed by atoms with Gasteiger partial charge in [0.1, 0.15) is 5.82 Å². The van der Waals surface area contributed by atoms with E-state index in [9.17, 15) is 10.1 Å². The van der Waals surface area contributed by atoms with Crippen LogP contribution in [0.3, 0.4) is 0 Å². The lowest BCUT2D eigenvalue weighted by molar-refractivity contribution is -0.384. The molecule has 0 aliphatic rings. The number of nitrogens with two attached hydrogens (primary N) is 1. The van der Waals surface area contributed by atoms with E-state index in [0.717, 1.165) is 12.8 Å². The first kappa shape index (κ1) is 15.2. The number of hydrogen-bond acceptors (Lipinski definition) is 5. The highest BCUT2D eigenvalue weighted by molar-refractivity contribution is 5.59. The highest BCUT2D eigenvalue weighted by atomic mass is 16.6. The van der Waals surface area contributed by atoms with Gasteiger partial charge in [0.25, 0.3) is 0 Å². The lowest BCUT2D eigenvalue weighted by atomic mass is 10.1.